The number of rotatable bonds is 3. The zero-order chi connectivity index (χ0) is 16.1. The van der Waals surface area contributed by atoms with Crippen LogP contribution in [0.1, 0.15) is 6.42 Å². The predicted molar refractivity (Wildman–Crippen MR) is 103 cm³/mol. The van der Waals surface area contributed by atoms with Gasteiger partial charge in [0.25, 0.3) is 0 Å². The van der Waals surface area contributed by atoms with Crippen molar-refractivity contribution in [1.29, 1.82) is 0 Å². The maximum atomic E-state index is 6.98. The average Bonchev–Trinajstić information content (AvgIpc) is 3.39. The zero-order valence-electron chi connectivity index (χ0n) is 13.6. The number of hydrogen-bond acceptors (Lipinski definition) is 1. The topological polar surface area (TPSA) is 9.23 Å². The molecule has 3 aromatic carbocycles. The van der Waals surface area contributed by atoms with Gasteiger partial charge in [-0.25, -0.2) is 0 Å². The summed E-state index contributed by atoms with van der Waals surface area (Å²) in [6.45, 7) is -1.96. The maximum absolute atomic E-state index is 6.98. The van der Waals surface area contributed by atoms with E-state index < -0.39 is 6.83 Å². The molecule has 1 heterocycles. The fourth-order valence-electron chi connectivity index (χ4n) is 4.78. The third-order valence-corrected chi connectivity index (χ3v) is 12.4. The molecule has 0 bridgehead atoms. The molecular formula is C22H21OP. The third kappa shape index (κ3) is 1.62. The quantitative estimate of drug-likeness (QED) is 0.662. The first-order valence-electron chi connectivity index (χ1n) is 8.69. The number of fused-ring (bicyclic) bond motifs is 1. The second kappa shape index (κ2) is 5.02. The van der Waals surface area contributed by atoms with Gasteiger partial charge in [-0.3, -0.25) is 0 Å². The van der Waals surface area contributed by atoms with E-state index in [0.717, 1.165) is 6.61 Å². The Labute approximate surface area is 143 Å². The second-order valence-electron chi connectivity index (χ2n) is 6.97. The summed E-state index contributed by atoms with van der Waals surface area (Å²) in [4.78, 5) is 0. The Morgan fingerprint density at radius 2 is 1.04 bits per heavy atom. The van der Waals surface area contributed by atoms with E-state index >= 15 is 0 Å². The molecule has 1 aliphatic heterocycles. The predicted octanol–water partition coefficient (Wildman–Crippen LogP) is 3.85. The van der Waals surface area contributed by atoms with Crippen molar-refractivity contribution < 1.29 is 4.52 Å². The minimum atomic E-state index is -2.85. The van der Waals surface area contributed by atoms with E-state index in [1.165, 1.54) is 22.3 Å². The van der Waals surface area contributed by atoms with E-state index in [2.05, 4.69) is 91.0 Å². The van der Waals surface area contributed by atoms with E-state index in [4.69, 9.17) is 4.52 Å². The molecule has 1 saturated carbocycles. The van der Waals surface area contributed by atoms with Crippen molar-refractivity contribution in [2.75, 3.05) is 6.61 Å². The summed E-state index contributed by atoms with van der Waals surface area (Å²) in [7, 11) is 0. The first kappa shape index (κ1) is 14.4. The van der Waals surface area contributed by atoms with Crippen molar-refractivity contribution in [2.24, 2.45) is 5.92 Å². The number of hydrogen-bond donors (Lipinski definition) is 0. The van der Waals surface area contributed by atoms with Crippen LogP contribution in [0.5, 0.6) is 0 Å². The molecule has 120 valence electrons. The van der Waals surface area contributed by atoms with Gasteiger partial charge in [0.1, 0.15) is 0 Å². The Bertz CT molecular complexity index is 761. The monoisotopic (exact) mass is 332 g/mol. The zero-order valence-corrected chi connectivity index (χ0v) is 14.5. The Kier molecular flexibility index (Phi) is 3.01. The molecule has 0 radical (unpaired) electrons. The summed E-state index contributed by atoms with van der Waals surface area (Å²) >= 11 is 0. The molecule has 3 aromatic rings. The van der Waals surface area contributed by atoms with Crippen LogP contribution in [0.2, 0.25) is 0 Å². The first-order chi connectivity index (χ1) is 11.9. The molecule has 1 nitrogen and oxygen atoms in total. The Balaban J connectivity index is 1.94. The van der Waals surface area contributed by atoms with Gasteiger partial charge in [0.15, 0.2) is 0 Å². The number of benzene rings is 3. The van der Waals surface area contributed by atoms with Gasteiger partial charge < -0.3 is 0 Å². The Hall–Kier alpha value is -1.95. The van der Waals surface area contributed by atoms with Crippen molar-refractivity contribution >= 4 is 22.7 Å². The molecule has 2 atom stereocenters. The first-order valence-corrected chi connectivity index (χ1v) is 10.9. The molecule has 24 heavy (non-hydrogen) atoms. The Morgan fingerprint density at radius 1 is 0.625 bits per heavy atom. The van der Waals surface area contributed by atoms with Gasteiger partial charge in [-0.2, -0.15) is 0 Å². The van der Waals surface area contributed by atoms with E-state index in [-0.39, 0.29) is 0 Å². The second-order valence-corrected chi connectivity index (χ2v) is 11.6. The average molecular weight is 332 g/mol. The molecule has 0 amide bonds. The molecular weight excluding hydrogens is 311 g/mol. The van der Waals surface area contributed by atoms with E-state index in [1.54, 1.807) is 0 Å². The molecule has 2 fully saturated rings. The van der Waals surface area contributed by atoms with Gasteiger partial charge in [-0.05, 0) is 0 Å². The van der Waals surface area contributed by atoms with Crippen molar-refractivity contribution in [2.45, 2.75) is 12.1 Å². The molecule has 0 spiro atoms. The van der Waals surface area contributed by atoms with Crippen LogP contribution in [0.15, 0.2) is 91.0 Å². The van der Waals surface area contributed by atoms with Gasteiger partial charge in [-0.15, -0.1) is 0 Å². The van der Waals surface area contributed by atoms with Crippen molar-refractivity contribution in [3.63, 3.8) is 0 Å². The van der Waals surface area contributed by atoms with E-state index in [1.807, 2.05) is 0 Å². The van der Waals surface area contributed by atoms with Crippen LogP contribution >= 0.6 is 6.83 Å². The summed E-state index contributed by atoms with van der Waals surface area (Å²) in [5.74, 6) is 0.711. The molecule has 1 saturated heterocycles. The summed E-state index contributed by atoms with van der Waals surface area (Å²) in [5.41, 5.74) is 0.628. The Morgan fingerprint density at radius 3 is 1.33 bits per heavy atom. The fourth-order valence-corrected chi connectivity index (χ4v) is 11.8. The SMILES string of the molecule is c1ccc(P2(c3ccccc3)(c3ccccc3)OC[C@H]3CC32)cc1. The summed E-state index contributed by atoms with van der Waals surface area (Å²) < 4.78 is 6.98. The molecule has 2 heteroatoms. The van der Waals surface area contributed by atoms with Crippen LogP contribution in [-0.2, 0) is 4.52 Å². The van der Waals surface area contributed by atoms with Gasteiger partial charge in [0.2, 0.25) is 0 Å². The van der Waals surface area contributed by atoms with Gasteiger partial charge in [0.05, 0.1) is 0 Å². The molecule has 2 aliphatic rings. The normalized spacial score (nSPS) is 27.6. The van der Waals surface area contributed by atoms with Gasteiger partial charge in [-0.1, -0.05) is 0 Å². The molecule has 5 rings (SSSR count). The van der Waals surface area contributed by atoms with E-state index in [0.29, 0.717) is 11.6 Å². The van der Waals surface area contributed by atoms with Crippen molar-refractivity contribution in [3.8, 4) is 0 Å². The minimum absolute atomic E-state index is 0.628. The van der Waals surface area contributed by atoms with Crippen LogP contribution in [-0.4, -0.2) is 12.3 Å². The van der Waals surface area contributed by atoms with Crippen LogP contribution in [0.3, 0.4) is 0 Å². The standard InChI is InChI=1S/C22H21OP/c1-4-10-19(11-5-1)24(20-12-6-2-7-13-20,21-14-8-3-9-15-21)22-16-18(22)17-23-24/h1-15,18,22H,16-17H2/t18-,22?/m1/s1. The van der Waals surface area contributed by atoms with Crippen LogP contribution in [0.25, 0.3) is 0 Å². The summed E-state index contributed by atoms with van der Waals surface area (Å²) in [6, 6.07) is 33.0. The van der Waals surface area contributed by atoms with Crippen LogP contribution in [0, 0.1) is 5.92 Å². The van der Waals surface area contributed by atoms with Crippen molar-refractivity contribution in [1.82, 2.24) is 0 Å². The summed E-state index contributed by atoms with van der Waals surface area (Å²) in [5, 5.41) is 4.14. The van der Waals surface area contributed by atoms with Gasteiger partial charge in [0, 0.05) is 0 Å². The van der Waals surface area contributed by atoms with Crippen LogP contribution < -0.4 is 15.9 Å². The van der Waals surface area contributed by atoms with Crippen molar-refractivity contribution in [3.05, 3.63) is 91.0 Å². The van der Waals surface area contributed by atoms with Gasteiger partial charge >= 0.3 is 143 Å². The molecule has 0 N–H and O–H groups in total. The van der Waals surface area contributed by atoms with Crippen LogP contribution in [0.4, 0.5) is 0 Å². The third-order valence-electron chi connectivity index (χ3n) is 5.88. The molecule has 1 unspecified atom stereocenters. The van der Waals surface area contributed by atoms with E-state index in [9.17, 15) is 0 Å². The fraction of sp³-hybridized carbons (Fsp3) is 0.182. The molecule has 0 aromatic heterocycles. The summed E-state index contributed by atoms with van der Waals surface area (Å²) in [6.07, 6.45) is 1.29. The molecule has 1 aliphatic carbocycles.